The van der Waals surface area contributed by atoms with E-state index in [4.69, 9.17) is 9.47 Å². The van der Waals surface area contributed by atoms with E-state index >= 15 is 0 Å². The largest absolute Gasteiger partial charge is 0.465 e. The molecule has 4 rings (SSSR count). The standard InChI is InChI=1S/C26H31NO4/c1-6-30-22(28)26(23(29)31-7-2)17-20(18-13-9-8-10-14-18)24(3)19-15-11-12-16-21(19)27(5)25(24,26)4/h8-16,20H,6-7,17H2,1-5H3/t20-,24+,25+/m0/s1. The quantitative estimate of drug-likeness (QED) is 0.527. The minimum atomic E-state index is -1.46. The highest BCUT2D eigenvalue weighted by Crippen LogP contribution is 2.71. The van der Waals surface area contributed by atoms with Crippen molar-refractivity contribution in [3.8, 4) is 0 Å². The fourth-order valence-corrected chi connectivity index (χ4v) is 6.31. The molecule has 1 saturated carbocycles. The first-order valence-electron chi connectivity index (χ1n) is 11.0. The average molecular weight is 422 g/mol. The van der Waals surface area contributed by atoms with E-state index in [0.29, 0.717) is 6.42 Å². The summed E-state index contributed by atoms with van der Waals surface area (Å²) in [4.78, 5) is 29.5. The molecule has 1 aliphatic carbocycles. The molecule has 0 amide bonds. The van der Waals surface area contributed by atoms with Gasteiger partial charge in [-0.15, -0.1) is 0 Å². The molecule has 164 valence electrons. The summed E-state index contributed by atoms with van der Waals surface area (Å²) in [6, 6.07) is 18.4. The Hall–Kier alpha value is -2.82. The summed E-state index contributed by atoms with van der Waals surface area (Å²) >= 11 is 0. The molecular weight excluding hydrogens is 390 g/mol. The molecule has 0 spiro atoms. The number of anilines is 1. The van der Waals surface area contributed by atoms with E-state index in [1.54, 1.807) is 13.8 Å². The maximum Gasteiger partial charge on any atom is 0.325 e. The molecule has 0 N–H and O–H groups in total. The lowest BCUT2D eigenvalue weighted by Crippen LogP contribution is -2.66. The summed E-state index contributed by atoms with van der Waals surface area (Å²) in [7, 11) is 1.98. The van der Waals surface area contributed by atoms with Gasteiger partial charge in [-0.3, -0.25) is 9.59 Å². The second kappa shape index (κ2) is 7.40. The molecule has 0 radical (unpaired) electrons. The van der Waals surface area contributed by atoms with Crippen LogP contribution in [0.5, 0.6) is 0 Å². The third kappa shape index (κ3) is 2.49. The number of hydrogen-bond acceptors (Lipinski definition) is 5. The predicted molar refractivity (Wildman–Crippen MR) is 120 cm³/mol. The lowest BCUT2D eigenvalue weighted by Gasteiger charge is -2.49. The van der Waals surface area contributed by atoms with Crippen molar-refractivity contribution in [3.05, 3.63) is 65.7 Å². The Morgan fingerprint density at radius 3 is 2.06 bits per heavy atom. The lowest BCUT2D eigenvalue weighted by molar-refractivity contribution is -0.176. The predicted octanol–water partition coefficient (Wildman–Crippen LogP) is 4.45. The van der Waals surface area contributed by atoms with Crippen molar-refractivity contribution in [2.75, 3.05) is 25.2 Å². The van der Waals surface area contributed by atoms with Gasteiger partial charge in [-0.1, -0.05) is 55.5 Å². The minimum absolute atomic E-state index is 0.0707. The number of para-hydroxylation sites is 1. The van der Waals surface area contributed by atoms with E-state index in [9.17, 15) is 9.59 Å². The molecule has 0 aromatic heterocycles. The van der Waals surface area contributed by atoms with Gasteiger partial charge in [0.2, 0.25) is 0 Å². The van der Waals surface area contributed by atoms with Gasteiger partial charge in [0.05, 0.1) is 18.8 Å². The number of carbonyl (C=O) groups is 2. The number of esters is 2. The molecule has 0 bridgehead atoms. The van der Waals surface area contributed by atoms with Crippen molar-refractivity contribution in [2.45, 2.75) is 51.0 Å². The maximum absolute atomic E-state index is 13.7. The van der Waals surface area contributed by atoms with Crippen LogP contribution in [0.2, 0.25) is 0 Å². The number of benzene rings is 2. The molecule has 1 fully saturated rings. The molecule has 2 aromatic rings. The number of hydrogen-bond donors (Lipinski definition) is 0. The number of fused-ring (bicyclic) bond motifs is 3. The first-order valence-corrected chi connectivity index (χ1v) is 11.0. The van der Waals surface area contributed by atoms with Crippen LogP contribution in [-0.2, 0) is 24.5 Å². The molecular formula is C26H31NO4. The zero-order valence-corrected chi connectivity index (χ0v) is 19.0. The van der Waals surface area contributed by atoms with Crippen LogP contribution >= 0.6 is 0 Å². The van der Waals surface area contributed by atoms with E-state index in [1.165, 1.54) is 0 Å². The van der Waals surface area contributed by atoms with Crippen molar-refractivity contribution < 1.29 is 19.1 Å². The summed E-state index contributed by atoms with van der Waals surface area (Å²) < 4.78 is 11.2. The van der Waals surface area contributed by atoms with Gasteiger partial charge in [-0.05, 0) is 50.3 Å². The van der Waals surface area contributed by atoms with Gasteiger partial charge in [0.15, 0.2) is 5.41 Å². The second-order valence-electron chi connectivity index (χ2n) is 8.86. The van der Waals surface area contributed by atoms with Crippen LogP contribution in [-0.4, -0.2) is 37.7 Å². The zero-order valence-electron chi connectivity index (χ0n) is 19.0. The summed E-state index contributed by atoms with van der Waals surface area (Å²) in [5.41, 5.74) is 0.441. The van der Waals surface area contributed by atoms with Crippen LogP contribution in [0, 0.1) is 5.41 Å². The van der Waals surface area contributed by atoms with Crippen LogP contribution in [0.15, 0.2) is 54.6 Å². The third-order valence-electron chi connectivity index (χ3n) is 7.99. The number of nitrogens with zero attached hydrogens (tertiary/aromatic N) is 1. The third-order valence-corrected chi connectivity index (χ3v) is 7.99. The number of likely N-dealkylation sites (N-methyl/N-ethyl adjacent to an activating group) is 1. The van der Waals surface area contributed by atoms with Crippen LogP contribution in [0.3, 0.4) is 0 Å². The minimum Gasteiger partial charge on any atom is -0.465 e. The van der Waals surface area contributed by atoms with Crippen LogP contribution in [0.4, 0.5) is 5.69 Å². The van der Waals surface area contributed by atoms with Crippen LogP contribution in [0.25, 0.3) is 0 Å². The van der Waals surface area contributed by atoms with E-state index < -0.39 is 28.3 Å². The fraction of sp³-hybridized carbons (Fsp3) is 0.462. The van der Waals surface area contributed by atoms with Gasteiger partial charge >= 0.3 is 11.9 Å². The highest BCUT2D eigenvalue weighted by atomic mass is 16.6. The highest BCUT2D eigenvalue weighted by molar-refractivity contribution is 6.05. The fourth-order valence-electron chi connectivity index (χ4n) is 6.31. The Morgan fingerprint density at radius 1 is 0.935 bits per heavy atom. The topological polar surface area (TPSA) is 55.8 Å². The Labute approximate surface area is 184 Å². The van der Waals surface area contributed by atoms with Crippen LogP contribution < -0.4 is 4.90 Å². The molecule has 1 aliphatic heterocycles. The molecule has 0 unspecified atom stereocenters. The number of carbonyl (C=O) groups excluding carboxylic acids is 2. The average Bonchev–Trinajstić information content (AvgIpc) is 3.10. The first kappa shape index (κ1) is 21.4. The van der Waals surface area contributed by atoms with Crippen LogP contribution in [0.1, 0.15) is 51.2 Å². The Bertz CT molecular complexity index is 985. The summed E-state index contributed by atoms with van der Waals surface area (Å²) in [5, 5.41) is 0. The molecule has 5 heteroatoms. The van der Waals surface area contributed by atoms with Crippen molar-refractivity contribution in [1.82, 2.24) is 0 Å². The molecule has 31 heavy (non-hydrogen) atoms. The maximum atomic E-state index is 13.7. The van der Waals surface area contributed by atoms with Crippen molar-refractivity contribution >= 4 is 17.6 Å². The second-order valence-corrected chi connectivity index (χ2v) is 8.86. The van der Waals surface area contributed by atoms with E-state index in [0.717, 1.165) is 16.8 Å². The van der Waals surface area contributed by atoms with Gasteiger partial charge in [-0.25, -0.2) is 0 Å². The van der Waals surface area contributed by atoms with Gasteiger partial charge in [0, 0.05) is 18.2 Å². The van der Waals surface area contributed by atoms with E-state index in [2.05, 4.69) is 36.1 Å². The monoisotopic (exact) mass is 421 g/mol. The van der Waals surface area contributed by atoms with E-state index in [1.807, 2.05) is 44.3 Å². The van der Waals surface area contributed by atoms with Gasteiger partial charge in [-0.2, -0.15) is 0 Å². The molecule has 5 nitrogen and oxygen atoms in total. The number of ether oxygens (including phenoxy) is 2. The normalized spacial score (nSPS) is 28.0. The smallest absolute Gasteiger partial charge is 0.325 e. The van der Waals surface area contributed by atoms with Gasteiger partial charge in [0.1, 0.15) is 0 Å². The zero-order chi connectivity index (χ0) is 22.4. The molecule has 3 atom stereocenters. The molecule has 2 aliphatic rings. The number of rotatable bonds is 5. The molecule has 2 aromatic carbocycles. The SMILES string of the molecule is CCOC(=O)C1(C(=O)OCC)C[C@@H](c2ccccc2)[C@@]2(C)c3ccccc3N(C)[C@@]12C. The Balaban J connectivity index is 2.05. The van der Waals surface area contributed by atoms with Gasteiger partial charge < -0.3 is 14.4 Å². The van der Waals surface area contributed by atoms with Crippen molar-refractivity contribution in [3.63, 3.8) is 0 Å². The molecule has 1 heterocycles. The summed E-state index contributed by atoms with van der Waals surface area (Å²) in [6.45, 7) is 8.18. The van der Waals surface area contributed by atoms with Crippen molar-refractivity contribution in [2.24, 2.45) is 5.41 Å². The first-order chi connectivity index (χ1) is 14.8. The van der Waals surface area contributed by atoms with E-state index in [-0.39, 0.29) is 19.1 Å². The summed E-state index contributed by atoms with van der Waals surface area (Å²) in [5.74, 6) is -1.07. The summed E-state index contributed by atoms with van der Waals surface area (Å²) in [6.07, 6.45) is 0.334. The molecule has 0 saturated heterocycles. The Morgan fingerprint density at radius 2 is 1.48 bits per heavy atom. The van der Waals surface area contributed by atoms with Crippen molar-refractivity contribution in [1.29, 1.82) is 0 Å². The highest BCUT2D eigenvalue weighted by Gasteiger charge is 2.79. The Kier molecular flexibility index (Phi) is 5.11. The lowest BCUT2D eigenvalue weighted by atomic mass is 9.61. The van der Waals surface area contributed by atoms with Gasteiger partial charge in [0.25, 0.3) is 0 Å².